The number of esters is 1. The van der Waals surface area contributed by atoms with Crippen molar-refractivity contribution in [2.24, 2.45) is 17.8 Å². The number of barbiturate groups is 1. The highest BCUT2D eigenvalue weighted by atomic mass is 35.5. The first-order valence-electron chi connectivity index (χ1n) is 13.8. The number of ether oxygens (including phenoxy) is 3. The van der Waals surface area contributed by atoms with Gasteiger partial charge in [0.05, 0.1) is 24.9 Å². The number of rotatable bonds is 7. The molecule has 1 heterocycles. The van der Waals surface area contributed by atoms with E-state index >= 15 is 0 Å². The van der Waals surface area contributed by atoms with Gasteiger partial charge in [-0.15, -0.1) is 0 Å². The molecule has 0 radical (unpaired) electrons. The summed E-state index contributed by atoms with van der Waals surface area (Å²) in [5.74, 6) is 0.528. The molecule has 41 heavy (non-hydrogen) atoms. The van der Waals surface area contributed by atoms with Crippen LogP contribution in [-0.2, 0) is 24.5 Å². The number of imide groups is 2. The number of halogens is 1. The molecule has 0 atom stereocenters. The second-order valence-electron chi connectivity index (χ2n) is 11.6. The van der Waals surface area contributed by atoms with Crippen molar-refractivity contribution >= 4 is 47.2 Å². The maximum Gasteiger partial charge on any atom is 0.343 e. The van der Waals surface area contributed by atoms with Gasteiger partial charge >= 0.3 is 12.0 Å². The number of nitrogens with one attached hydrogen (secondary N) is 1. The summed E-state index contributed by atoms with van der Waals surface area (Å²) < 4.78 is 15.3. The van der Waals surface area contributed by atoms with Gasteiger partial charge in [-0.3, -0.25) is 14.9 Å². The summed E-state index contributed by atoms with van der Waals surface area (Å²) in [5.41, 5.74) is 1.97. The van der Waals surface area contributed by atoms with Crippen molar-refractivity contribution in [1.29, 1.82) is 0 Å². The maximum absolute atomic E-state index is 13.5. The lowest BCUT2D eigenvalue weighted by Gasteiger charge is -2.57. The average molecular weight is 579 g/mol. The molecule has 0 unspecified atom stereocenters. The standard InChI is InChI=1S/C31H31ClN2O7/c1-39-25-12-17(11-24(32)27(25)41-16-26(35)40-2)10-23-28(36)33-30(38)34(29(23)37)22-5-3-21(4-6-22)31-13-18-7-19(14-31)9-20(8-18)15-31/h3-6,10-12,18-20H,7-9,13-16H2,1-2H3,(H,33,36,38)/b23-10+. The van der Waals surface area contributed by atoms with Gasteiger partial charge in [-0.1, -0.05) is 23.7 Å². The molecule has 214 valence electrons. The van der Waals surface area contributed by atoms with Gasteiger partial charge in [-0.25, -0.2) is 14.5 Å². The molecule has 2 aromatic rings. The summed E-state index contributed by atoms with van der Waals surface area (Å²) in [6.45, 7) is -0.382. The SMILES string of the molecule is COC(=O)COc1c(Cl)cc(/C=C2\C(=O)NC(=O)N(c3ccc(C45CC6CC(CC(C6)C4)C5)cc3)C2=O)cc1OC. The zero-order valence-electron chi connectivity index (χ0n) is 22.9. The van der Waals surface area contributed by atoms with Crippen LogP contribution in [-0.4, -0.2) is 44.6 Å². The van der Waals surface area contributed by atoms with Crippen LogP contribution in [0.15, 0.2) is 42.0 Å². The molecule has 4 bridgehead atoms. The predicted molar refractivity (Wildman–Crippen MR) is 151 cm³/mol. The van der Waals surface area contributed by atoms with Crippen LogP contribution in [0.2, 0.25) is 5.02 Å². The van der Waals surface area contributed by atoms with E-state index in [1.807, 2.05) is 12.1 Å². The minimum absolute atomic E-state index is 0.0944. The summed E-state index contributed by atoms with van der Waals surface area (Å²) in [6, 6.07) is 9.85. The molecule has 4 aliphatic carbocycles. The van der Waals surface area contributed by atoms with Crippen molar-refractivity contribution < 1.29 is 33.4 Å². The number of hydrogen-bond acceptors (Lipinski definition) is 7. The minimum atomic E-state index is -0.817. The number of nitrogens with zero attached hydrogens (tertiary/aromatic N) is 1. The van der Waals surface area contributed by atoms with Crippen LogP contribution >= 0.6 is 11.6 Å². The zero-order chi connectivity index (χ0) is 28.9. The highest BCUT2D eigenvalue weighted by Gasteiger charge is 2.51. The molecule has 5 aliphatic rings. The quantitative estimate of drug-likeness (QED) is 0.278. The zero-order valence-corrected chi connectivity index (χ0v) is 23.7. The highest BCUT2D eigenvalue weighted by Crippen LogP contribution is 2.60. The molecular weight excluding hydrogens is 548 g/mol. The van der Waals surface area contributed by atoms with Gasteiger partial charge in [-0.05, 0) is 103 Å². The number of anilines is 1. The Labute approximate surface area is 242 Å². The molecule has 7 rings (SSSR count). The van der Waals surface area contributed by atoms with E-state index < -0.39 is 23.8 Å². The van der Waals surface area contributed by atoms with Gasteiger partial charge in [0.1, 0.15) is 5.57 Å². The molecule has 0 spiro atoms. The normalized spacial score (nSPS) is 27.7. The number of carbonyl (C=O) groups is 4. The number of hydrogen-bond donors (Lipinski definition) is 1. The number of urea groups is 1. The van der Waals surface area contributed by atoms with Gasteiger partial charge in [0.2, 0.25) is 0 Å². The fraction of sp³-hybridized carbons (Fsp3) is 0.419. The van der Waals surface area contributed by atoms with E-state index in [1.165, 1.54) is 76.5 Å². The van der Waals surface area contributed by atoms with Gasteiger partial charge in [-0.2, -0.15) is 0 Å². The summed E-state index contributed by atoms with van der Waals surface area (Å²) in [5, 5.41) is 2.36. The fourth-order valence-corrected chi connectivity index (χ4v) is 7.91. The Hall–Kier alpha value is -3.85. The van der Waals surface area contributed by atoms with Crippen LogP contribution in [0.25, 0.3) is 6.08 Å². The van der Waals surface area contributed by atoms with Crippen molar-refractivity contribution in [1.82, 2.24) is 5.32 Å². The molecule has 10 heteroatoms. The van der Waals surface area contributed by atoms with Crippen LogP contribution in [0.5, 0.6) is 11.5 Å². The van der Waals surface area contributed by atoms with Crippen LogP contribution in [0.4, 0.5) is 10.5 Å². The molecule has 4 saturated carbocycles. The Balaban J connectivity index is 1.26. The Morgan fingerprint density at radius 3 is 2.24 bits per heavy atom. The number of benzene rings is 2. The minimum Gasteiger partial charge on any atom is -0.493 e. The van der Waals surface area contributed by atoms with E-state index in [-0.39, 0.29) is 34.1 Å². The predicted octanol–water partition coefficient (Wildman–Crippen LogP) is 5.03. The van der Waals surface area contributed by atoms with E-state index in [0.717, 1.165) is 22.7 Å². The first kappa shape index (κ1) is 27.3. The van der Waals surface area contributed by atoms with Gasteiger partial charge < -0.3 is 14.2 Å². The van der Waals surface area contributed by atoms with E-state index in [0.29, 0.717) is 11.3 Å². The lowest BCUT2D eigenvalue weighted by Crippen LogP contribution is -2.54. The Kier molecular flexibility index (Phi) is 7.01. The molecule has 4 amide bonds. The third-order valence-electron chi connectivity index (χ3n) is 9.00. The van der Waals surface area contributed by atoms with Crippen LogP contribution < -0.4 is 19.7 Å². The summed E-state index contributed by atoms with van der Waals surface area (Å²) in [6.07, 6.45) is 9.01. The largest absolute Gasteiger partial charge is 0.493 e. The molecule has 9 nitrogen and oxygen atoms in total. The molecular formula is C31H31ClN2O7. The maximum atomic E-state index is 13.5. The molecule has 5 fully saturated rings. The highest BCUT2D eigenvalue weighted by molar-refractivity contribution is 6.39. The summed E-state index contributed by atoms with van der Waals surface area (Å²) in [7, 11) is 2.62. The third-order valence-corrected chi connectivity index (χ3v) is 9.28. The van der Waals surface area contributed by atoms with Gasteiger partial charge in [0.25, 0.3) is 11.8 Å². The molecule has 1 N–H and O–H groups in total. The number of methoxy groups -OCH3 is 2. The van der Waals surface area contributed by atoms with Crippen molar-refractivity contribution in [3.05, 3.63) is 58.1 Å². The van der Waals surface area contributed by atoms with E-state index in [9.17, 15) is 19.2 Å². The van der Waals surface area contributed by atoms with E-state index in [4.69, 9.17) is 21.1 Å². The lowest BCUT2D eigenvalue weighted by atomic mass is 9.48. The molecule has 2 aromatic carbocycles. The first-order chi connectivity index (χ1) is 19.7. The fourth-order valence-electron chi connectivity index (χ4n) is 7.64. The Morgan fingerprint density at radius 1 is 1.02 bits per heavy atom. The van der Waals surface area contributed by atoms with E-state index in [2.05, 4.69) is 10.1 Å². The lowest BCUT2D eigenvalue weighted by molar-refractivity contribution is -0.143. The van der Waals surface area contributed by atoms with Crippen molar-refractivity contribution in [3.8, 4) is 11.5 Å². The monoisotopic (exact) mass is 578 g/mol. The third kappa shape index (κ3) is 4.96. The van der Waals surface area contributed by atoms with Gasteiger partial charge in [0.15, 0.2) is 18.1 Å². The van der Waals surface area contributed by atoms with E-state index in [1.54, 1.807) is 12.1 Å². The second kappa shape index (κ2) is 10.5. The van der Waals surface area contributed by atoms with Crippen molar-refractivity contribution in [2.45, 2.75) is 43.9 Å². The number of amides is 4. The van der Waals surface area contributed by atoms with Crippen molar-refractivity contribution in [3.63, 3.8) is 0 Å². The summed E-state index contributed by atoms with van der Waals surface area (Å²) in [4.78, 5) is 51.5. The molecule has 0 aromatic heterocycles. The molecule has 1 aliphatic heterocycles. The first-order valence-corrected chi connectivity index (χ1v) is 14.2. The Bertz CT molecular complexity index is 1430. The average Bonchev–Trinajstić information content (AvgIpc) is 2.93. The van der Waals surface area contributed by atoms with Crippen molar-refractivity contribution in [2.75, 3.05) is 25.7 Å². The topological polar surface area (TPSA) is 111 Å². The smallest absolute Gasteiger partial charge is 0.343 e. The second-order valence-corrected chi connectivity index (χ2v) is 12.0. The Morgan fingerprint density at radius 2 is 1.66 bits per heavy atom. The van der Waals surface area contributed by atoms with Crippen LogP contribution in [0.3, 0.4) is 0 Å². The number of carbonyl (C=O) groups excluding carboxylic acids is 4. The summed E-state index contributed by atoms with van der Waals surface area (Å²) >= 11 is 6.37. The van der Waals surface area contributed by atoms with Gasteiger partial charge in [0, 0.05) is 0 Å². The molecule has 1 saturated heterocycles. The van der Waals surface area contributed by atoms with Crippen LogP contribution in [0, 0.1) is 17.8 Å². The van der Waals surface area contributed by atoms with Crippen LogP contribution in [0.1, 0.15) is 49.7 Å².